The summed E-state index contributed by atoms with van der Waals surface area (Å²) in [7, 11) is 0. The lowest BCUT2D eigenvalue weighted by Crippen LogP contribution is -2.44. The molecule has 0 bridgehead atoms. The largest absolute Gasteiger partial charge is 0.378 e. The van der Waals surface area contributed by atoms with E-state index < -0.39 is 0 Å². The predicted molar refractivity (Wildman–Crippen MR) is 90.9 cm³/mol. The summed E-state index contributed by atoms with van der Waals surface area (Å²) in [5.41, 5.74) is 2.38. The number of fused-ring (bicyclic) bond motifs is 1. The zero-order chi connectivity index (χ0) is 17.4. The van der Waals surface area contributed by atoms with Gasteiger partial charge in [-0.15, -0.1) is 0 Å². The molecule has 0 saturated carbocycles. The normalized spacial score (nSPS) is 20.2. The molecule has 2 aliphatic heterocycles. The van der Waals surface area contributed by atoms with Crippen LogP contribution in [0.4, 0.5) is 5.95 Å². The van der Waals surface area contributed by atoms with Crippen LogP contribution in [0.2, 0.25) is 0 Å². The summed E-state index contributed by atoms with van der Waals surface area (Å²) in [5, 5.41) is 7.73. The third kappa shape index (κ3) is 2.78. The van der Waals surface area contributed by atoms with Gasteiger partial charge in [0.05, 0.1) is 18.8 Å². The molecule has 25 heavy (non-hydrogen) atoms. The molecule has 0 radical (unpaired) electrons. The number of allylic oxidation sites excluding steroid dienone is 1. The number of carbonyl (C=O) groups is 1. The molecule has 1 amide bonds. The van der Waals surface area contributed by atoms with Crippen LogP contribution in [0.3, 0.4) is 0 Å². The SMILES string of the molecule is CC1=C(C(=O)N2CCOCC2)[C@H](c2cccnc2)n2nc(C)nc2N1. The minimum absolute atomic E-state index is 0.000885. The standard InChI is InChI=1S/C17H20N6O2/c1-11-14(16(24)22-6-8-25-9-7-22)15(13-4-3-5-18-10-13)23-17(19-11)20-12(2)21-23/h3-5,10,15H,6-9H2,1-2H3,(H,19,20,21)/t15-/m0/s1. The molecule has 0 spiro atoms. The van der Waals surface area contributed by atoms with Gasteiger partial charge in [0, 0.05) is 31.2 Å². The van der Waals surface area contributed by atoms with Crippen LogP contribution in [-0.4, -0.2) is 56.9 Å². The van der Waals surface area contributed by atoms with Gasteiger partial charge in [-0.1, -0.05) is 6.07 Å². The number of pyridine rings is 1. The number of anilines is 1. The molecular weight excluding hydrogens is 320 g/mol. The number of aryl methyl sites for hydroxylation is 1. The molecule has 0 unspecified atom stereocenters. The predicted octanol–water partition coefficient (Wildman–Crippen LogP) is 1.13. The number of aromatic nitrogens is 4. The lowest BCUT2D eigenvalue weighted by Gasteiger charge is -2.33. The topological polar surface area (TPSA) is 85.2 Å². The summed E-state index contributed by atoms with van der Waals surface area (Å²) in [6.07, 6.45) is 3.49. The minimum Gasteiger partial charge on any atom is -0.378 e. The van der Waals surface area contributed by atoms with Crippen molar-refractivity contribution in [1.82, 2.24) is 24.6 Å². The van der Waals surface area contributed by atoms with Crippen molar-refractivity contribution in [3.63, 3.8) is 0 Å². The van der Waals surface area contributed by atoms with Crippen molar-refractivity contribution in [2.24, 2.45) is 0 Å². The van der Waals surface area contributed by atoms with Crippen LogP contribution in [0.5, 0.6) is 0 Å². The van der Waals surface area contributed by atoms with E-state index in [0.29, 0.717) is 43.6 Å². The van der Waals surface area contributed by atoms with Gasteiger partial charge in [-0.2, -0.15) is 10.1 Å². The van der Waals surface area contributed by atoms with Gasteiger partial charge < -0.3 is 15.0 Å². The van der Waals surface area contributed by atoms with Crippen molar-refractivity contribution >= 4 is 11.9 Å². The Hall–Kier alpha value is -2.74. The number of nitrogens with one attached hydrogen (secondary N) is 1. The summed E-state index contributed by atoms with van der Waals surface area (Å²) in [5.74, 6) is 1.30. The van der Waals surface area contributed by atoms with E-state index in [2.05, 4.69) is 20.4 Å². The molecule has 4 rings (SSSR count). The van der Waals surface area contributed by atoms with Gasteiger partial charge in [0.15, 0.2) is 0 Å². The van der Waals surface area contributed by atoms with Crippen LogP contribution in [0.1, 0.15) is 24.4 Å². The van der Waals surface area contributed by atoms with E-state index >= 15 is 0 Å². The zero-order valence-electron chi connectivity index (χ0n) is 14.3. The van der Waals surface area contributed by atoms with Gasteiger partial charge >= 0.3 is 0 Å². The van der Waals surface area contributed by atoms with Crippen LogP contribution >= 0.6 is 0 Å². The average molecular weight is 340 g/mol. The van der Waals surface area contributed by atoms with E-state index in [1.54, 1.807) is 17.1 Å². The summed E-state index contributed by atoms with van der Waals surface area (Å²) >= 11 is 0. The van der Waals surface area contributed by atoms with Gasteiger partial charge in [-0.05, 0) is 25.5 Å². The molecular formula is C17H20N6O2. The molecule has 8 heteroatoms. The molecule has 1 fully saturated rings. The van der Waals surface area contributed by atoms with Gasteiger partial charge in [-0.25, -0.2) is 4.68 Å². The molecule has 2 aromatic heterocycles. The Labute approximate surface area is 145 Å². The average Bonchev–Trinajstić information content (AvgIpc) is 3.01. The first-order valence-electron chi connectivity index (χ1n) is 8.33. The number of morpholine rings is 1. The third-order valence-electron chi connectivity index (χ3n) is 4.49. The van der Waals surface area contributed by atoms with Crippen molar-refractivity contribution in [3.05, 3.63) is 47.2 Å². The number of amides is 1. The number of rotatable bonds is 2. The first-order chi connectivity index (χ1) is 12.1. The minimum atomic E-state index is -0.346. The molecule has 1 saturated heterocycles. The fraction of sp³-hybridized carbons (Fsp3) is 0.412. The molecule has 0 aromatic carbocycles. The Morgan fingerprint density at radius 2 is 2.12 bits per heavy atom. The maximum Gasteiger partial charge on any atom is 0.254 e. The van der Waals surface area contributed by atoms with E-state index in [-0.39, 0.29) is 11.9 Å². The Morgan fingerprint density at radius 3 is 2.84 bits per heavy atom. The van der Waals surface area contributed by atoms with Gasteiger partial charge in [0.25, 0.3) is 5.91 Å². The molecule has 2 aromatic rings. The second-order valence-corrected chi connectivity index (χ2v) is 6.18. The molecule has 4 heterocycles. The molecule has 0 aliphatic carbocycles. The van der Waals surface area contributed by atoms with Crippen LogP contribution in [0, 0.1) is 6.92 Å². The summed E-state index contributed by atoms with van der Waals surface area (Å²) in [4.78, 5) is 23.7. The summed E-state index contributed by atoms with van der Waals surface area (Å²) in [6.45, 7) is 6.07. The summed E-state index contributed by atoms with van der Waals surface area (Å²) in [6, 6.07) is 3.48. The second-order valence-electron chi connectivity index (χ2n) is 6.18. The zero-order valence-corrected chi connectivity index (χ0v) is 14.3. The highest BCUT2D eigenvalue weighted by Crippen LogP contribution is 2.35. The Morgan fingerprint density at radius 1 is 1.32 bits per heavy atom. The van der Waals surface area contributed by atoms with Crippen molar-refractivity contribution in [1.29, 1.82) is 0 Å². The lowest BCUT2D eigenvalue weighted by atomic mass is 9.95. The highest BCUT2D eigenvalue weighted by molar-refractivity contribution is 5.96. The van der Waals surface area contributed by atoms with Crippen molar-refractivity contribution < 1.29 is 9.53 Å². The Bertz CT molecular complexity index is 823. The van der Waals surface area contributed by atoms with Gasteiger partial charge in [-0.3, -0.25) is 9.78 Å². The molecule has 1 N–H and O–H groups in total. The number of nitrogens with zero attached hydrogens (tertiary/aromatic N) is 5. The Kier molecular flexibility index (Phi) is 3.96. The van der Waals surface area contributed by atoms with E-state index in [9.17, 15) is 4.79 Å². The monoisotopic (exact) mass is 340 g/mol. The number of ether oxygens (including phenoxy) is 1. The number of hydrogen-bond donors (Lipinski definition) is 1. The van der Waals surface area contributed by atoms with E-state index in [1.807, 2.05) is 30.9 Å². The van der Waals surface area contributed by atoms with E-state index in [1.165, 1.54) is 0 Å². The van der Waals surface area contributed by atoms with Crippen molar-refractivity contribution in [3.8, 4) is 0 Å². The van der Waals surface area contributed by atoms with Crippen molar-refractivity contribution in [2.75, 3.05) is 31.6 Å². The van der Waals surface area contributed by atoms with Gasteiger partial charge in [0.1, 0.15) is 11.9 Å². The number of carbonyl (C=O) groups excluding carboxylic acids is 1. The van der Waals surface area contributed by atoms with Gasteiger partial charge in [0.2, 0.25) is 5.95 Å². The maximum absolute atomic E-state index is 13.3. The highest BCUT2D eigenvalue weighted by Gasteiger charge is 2.36. The molecule has 8 nitrogen and oxygen atoms in total. The molecule has 2 aliphatic rings. The molecule has 1 atom stereocenters. The number of hydrogen-bond acceptors (Lipinski definition) is 6. The highest BCUT2D eigenvalue weighted by atomic mass is 16.5. The van der Waals surface area contributed by atoms with Crippen LogP contribution in [0.15, 0.2) is 35.8 Å². The lowest BCUT2D eigenvalue weighted by molar-refractivity contribution is -0.131. The second kappa shape index (κ2) is 6.29. The van der Waals surface area contributed by atoms with E-state index in [4.69, 9.17) is 4.74 Å². The maximum atomic E-state index is 13.3. The smallest absolute Gasteiger partial charge is 0.254 e. The molecule has 130 valence electrons. The first-order valence-corrected chi connectivity index (χ1v) is 8.33. The van der Waals surface area contributed by atoms with E-state index in [0.717, 1.165) is 11.3 Å². The fourth-order valence-electron chi connectivity index (χ4n) is 3.32. The summed E-state index contributed by atoms with van der Waals surface area (Å²) < 4.78 is 7.14. The van der Waals surface area contributed by atoms with Crippen LogP contribution < -0.4 is 5.32 Å². The van der Waals surface area contributed by atoms with Crippen molar-refractivity contribution in [2.45, 2.75) is 19.9 Å². The van der Waals surface area contributed by atoms with Crippen LogP contribution in [-0.2, 0) is 9.53 Å². The third-order valence-corrected chi connectivity index (χ3v) is 4.49. The quantitative estimate of drug-likeness (QED) is 0.882. The van der Waals surface area contributed by atoms with Crippen LogP contribution in [0.25, 0.3) is 0 Å². The fourth-order valence-corrected chi connectivity index (χ4v) is 3.32. The Balaban J connectivity index is 1.80. The first kappa shape index (κ1) is 15.8.